The van der Waals surface area contributed by atoms with Crippen molar-refractivity contribution >= 4 is 21.4 Å². The molecule has 4 nitrogen and oxygen atoms in total. The first kappa shape index (κ1) is 13.4. The third-order valence-electron chi connectivity index (χ3n) is 2.69. The third kappa shape index (κ3) is 2.85. The van der Waals surface area contributed by atoms with Crippen LogP contribution >= 0.6 is 0 Å². The summed E-state index contributed by atoms with van der Waals surface area (Å²) in [5.74, 6) is -0.645. The highest BCUT2D eigenvalue weighted by Gasteiger charge is 2.17. The molecular weight excluding hydrogens is 267 g/mol. The van der Waals surface area contributed by atoms with Gasteiger partial charge >= 0.3 is 0 Å². The number of halogens is 1. The van der Waals surface area contributed by atoms with Gasteiger partial charge in [-0.25, -0.2) is 12.8 Å². The van der Waals surface area contributed by atoms with E-state index in [0.717, 1.165) is 6.07 Å². The lowest BCUT2D eigenvalue weighted by atomic mass is 10.2. The van der Waals surface area contributed by atoms with Crippen LogP contribution < -0.4 is 10.5 Å². The van der Waals surface area contributed by atoms with E-state index in [-0.39, 0.29) is 16.1 Å². The normalized spacial score (nSPS) is 11.3. The van der Waals surface area contributed by atoms with Gasteiger partial charge in [-0.1, -0.05) is 18.2 Å². The van der Waals surface area contributed by atoms with Gasteiger partial charge in [-0.05, 0) is 31.2 Å². The van der Waals surface area contributed by atoms with Gasteiger partial charge < -0.3 is 5.73 Å². The van der Waals surface area contributed by atoms with E-state index >= 15 is 0 Å². The van der Waals surface area contributed by atoms with Crippen LogP contribution in [0.25, 0.3) is 0 Å². The second-order valence-corrected chi connectivity index (χ2v) is 5.77. The zero-order valence-corrected chi connectivity index (χ0v) is 11.0. The Labute approximate surface area is 111 Å². The predicted molar refractivity (Wildman–Crippen MR) is 72.8 cm³/mol. The second kappa shape index (κ2) is 4.89. The lowest BCUT2D eigenvalue weighted by Crippen LogP contribution is -2.14. The minimum Gasteiger partial charge on any atom is -0.398 e. The van der Waals surface area contributed by atoms with E-state index in [4.69, 9.17) is 5.73 Å². The van der Waals surface area contributed by atoms with Crippen molar-refractivity contribution < 1.29 is 12.8 Å². The number of sulfonamides is 1. The molecule has 0 amide bonds. The molecule has 3 N–H and O–H groups in total. The molecule has 0 aromatic heterocycles. The van der Waals surface area contributed by atoms with Gasteiger partial charge in [-0.3, -0.25) is 4.72 Å². The fraction of sp³-hybridized carbons (Fsp3) is 0.0769. The van der Waals surface area contributed by atoms with Crippen molar-refractivity contribution in [2.75, 3.05) is 10.5 Å². The van der Waals surface area contributed by atoms with Gasteiger partial charge in [0.15, 0.2) is 0 Å². The predicted octanol–water partition coefficient (Wildman–Crippen LogP) is 2.52. The number of para-hydroxylation sites is 1. The Morgan fingerprint density at radius 1 is 1.16 bits per heavy atom. The SMILES string of the molecule is Cc1c(N)cc(S(=O)(=O)Nc2ccccc2)cc1F. The van der Waals surface area contributed by atoms with E-state index in [2.05, 4.69) is 4.72 Å². The van der Waals surface area contributed by atoms with E-state index in [1.807, 2.05) is 0 Å². The van der Waals surface area contributed by atoms with Crippen LogP contribution in [0.4, 0.5) is 15.8 Å². The number of benzene rings is 2. The Hall–Kier alpha value is -2.08. The lowest BCUT2D eigenvalue weighted by Gasteiger charge is -2.10. The molecule has 0 aliphatic rings. The quantitative estimate of drug-likeness (QED) is 0.848. The zero-order chi connectivity index (χ0) is 14.0. The van der Waals surface area contributed by atoms with Gasteiger partial charge in [-0.15, -0.1) is 0 Å². The Bertz CT molecular complexity index is 677. The van der Waals surface area contributed by atoms with Gasteiger partial charge in [0.25, 0.3) is 10.0 Å². The first-order valence-electron chi connectivity index (χ1n) is 5.53. The van der Waals surface area contributed by atoms with Crippen LogP contribution in [0, 0.1) is 12.7 Å². The van der Waals surface area contributed by atoms with Crippen LogP contribution in [0.5, 0.6) is 0 Å². The van der Waals surface area contributed by atoms with Crippen molar-refractivity contribution in [3.8, 4) is 0 Å². The summed E-state index contributed by atoms with van der Waals surface area (Å²) < 4.78 is 40.1. The van der Waals surface area contributed by atoms with Crippen molar-refractivity contribution in [1.82, 2.24) is 0 Å². The summed E-state index contributed by atoms with van der Waals surface area (Å²) in [7, 11) is -3.85. The summed E-state index contributed by atoms with van der Waals surface area (Å²) in [5.41, 5.74) is 6.32. The van der Waals surface area contributed by atoms with E-state index in [1.165, 1.54) is 13.0 Å². The first-order valence-corrected chi connectivity index (χ1v) is 7.02. The van der Waals surface area contributed by atoms with Crippen LogP contribution in [-0.4, -0.2) is 8.42 Å². The van der Waals surface area contributed by atoms with Crippen LogP contribution in [0.15, 0.2) is 47.4 Å². The van der Waals surface area contributed by atoms with Crippen molar-refractivity contribution in [3.63, 3.8) is 0 Å². The highest BCUT2D eigenvalue weighted by Crippen LogP contribution is 2.22. The smallest absolute Gasteiger partial charge is 0.262 e. The molecular formula is C13H13FN2O2S. The molecule has 0 atom stereocenters. The maximum atomic E-state index is 13.5. The molecule has 0 saturated heterocycles. The Balaban J connectivity index is 2.40. The molecule has 0 aliphatic heterocycles. The summed E-state index contributed by atoms with van der Waals surface area (Å²) in [6.45, 7) is 1.49. The number of nitrogens with two attached hydrogens (primary N) is 1. The van der Waals surface area contributed by atoms with Crippen molar-refractivity contribution in [2.24, 2.45) is 0 Å². The molecule has 19 heavy (non-hydrogen) atoms. The maximum absolute atomic E-state index is 13.5. The largest absolute Gasteiger partial charge is 0.398 e. The summed E-state index contributed by atoms with van der Waals surface area (Å²) in [4.78, 5) is -0.197. The standard InChI is InChI=1S/C13H13FN2O2S/c1-9-12(14)7-11(8-13(9)15)19(17,18)16-10-5-3-2-4-6-10/h2-8,16H,15H2,1H3. The molecule has 2 aromatic carbocycles. The fourth-order valence-corrected chi connectivity index (χ4v) is 2.65. The zero-order valence-electron chi connectivity index (χ0n) is 10.2. The molecule has 0 aliphatic carbocycles. The highest BCUT2D eigenvalue weighted by molar-refractivity contribution is 7.92. The Morgan fingerprint density at radius 2 is 1.79 bits per heavy atom. The van der Waals surface area contributed by atoms with Crippen LogP contribution in [0.1, 0.15) is 5.56 Å². The summed E-state index contributed by atoms with van der Waals surface area (Å²) >= 11 is 0. The molecule has 0 saturated carbocycles. The average Bonchev–Trinajstić information content (AvgIpc) is 2.36. The topological polar surface area (TPSA) is 72.2 Å². The van der Waals surface area contributed by atoms with E-state index in [9.17, 15) is 12.8 Å². The number of rotatable bonds is 3. The maximum Gasteiger partial charge on any atom is 0.262 e. The minimum atomic E-state index is -3.85. The number of nitrogen functional groups attached to an aromatic ring is 1. The highest BCUT2D eigenvalue weighted by atomic mass is 32.2. The van der Waals surface area contributed by atoms with Gasteiger partial charge in [0, 0.05) is 16.9 Å². The van der Waals surface area contributed by atoms with Gasteiger partial charge in [0.1, 0.15) is 5.82 Å². The van der Waals surface area contributed by atoms with Crippen molar-refractivity contribution in [2.45, 2.75) is 11.8 Å². The Morgan fingerprint density at radius 3 is 2.37 bits per heavy atom. The number of anilines is 2. The molecule has 0 fully saturated rings. The van der Waals surface area contributed by atoms with Crippen LogP contribution in [0.3, 0.4) is 0 Å². The first-order chi connectivity index (χ1) is 8.90. The minimum absolute atomic E-state index is 0.105. The molecule has 0 heterocycles. The van der Waals surface area contributed by atoms with Crippen LogP contribution in [-0.2, 0) is 10.0 Å². The van der Waals surface area contributed by atoms with Gasteiger partial charge in [0.2, 0.25) is 0 Å². The van der Waals surface area contributed by atoms with Crippen molar-refractivity contribution in [1.29, 1.82) is 0 Å². The van der Waals surface area contributed by atoms with E-state index < -0.39 is 15.8 Å². The second-order valence-electron chi connectivity index (χ2n) is 4.09. The molecule has 6 heteroatoms. The summed E-state index contributed by atoms with van der Waals surface area (Å²) in [5, 5.41) is 0. The third-order valence-corrected chi connectivity index (χ3v) is 4.06. The summed E-state index contributed by atoms with van der Waals surface area (Å²) in [6.07, 6.45) is 0. The summed E-state index contributed by atoms with van der Waals surface area (Å²) in [6, 6.07) is 10.6. The van der Waals surface area contributed by atoms with Crippen LogP contribution in [0.2, 0.25) is 0 Å². The Kier molecular flexibility index (Phi) is 3.44. The van der Waals surface area contributed by atoms with Gasteiger partial charge in [-0.2, -0.15) is 0 Å². The molecule has 0 radical (unpaired) electrons. The molecule has 2 rings (SSSR count). The number of hydrogen-bond acceptors (Lipinski definition) is 3. The van der Waals surface area contributed by atoms with Crippen molar-refractivity contribution in [3.05, 3.63) is 53.8 Å². The number of hydrogen-bond donors (Lipinski definition) is 2. The average molecular weight is 280 g/mol. The molecule has 0 unspecified atom stereocenters. The molecule has 0 bridgehead atoms. The van der Waals surface area contributed by atoms with E-state index in [1.54, 1.807) is 30.3 Å². The lowest BCUT2D eigenvalue weighted by molar-refractivity contribution is 0.593. The molecule has 100 valence electrons. The monoisotopic (exact) mass is 280 g/mol. The number of nitrogens with one attached hydrogen (secondary N) is 1. The molecule has 0 spiro atoms. The molecule has 2 aromatic rings. The van der Waals surface area contributed by atoms with E-state index in [0.29, 0.717) is 5.69 Å². The van der Waals surface area contributed by atoms with Gasteiger partial charge in [0.05, 0.1) is 4.90 Å². The fourth-order valence-electron chi connectivity index (χ4n) is 1.55.